The fraction of sp³-hybridized carbons (Fsp3) is 0. The number of carbonyl (C=O) groups is 2. The van der Waals surface area contributed by atoms with Crippen molar-refractivity contribution in [1.29, 1.82) is 0 Å². The Balaban J connectivity index is 0.00000300. The second-order valence-electron chi connectivity index (χ2n) is 5.52. The fourth-order valence-corrected chi connectivity index (χ4v) is 6.15. The first-order valence-corrected chi connectivity index (χ1v) is 11.2. The summed E-state index contributed by atoms with van der Waals surface area (Å²) >= 11 is 0. The van der Waals surface area contributed by atoms with E-state index in [9.17, 15) is 48.5 Å². The molecule has 11 nitrogen and oxygen atoms in total. The molecule has 0 radical (unpaired) electrons. The van der Waals surface area contributed by atoms with Crippen LogP contribution in [0.15, 0.2) is 45.0 Å². The van der Waals surface area contributed by atoms with Crippen molar-refractivity contribution in [3.05, 3.63) is 52.6 Å². The van der Waals surface area contributed by atoms with E-state index in [2.05, 4.69) is 0 Å². The zero-order valence-electron chi connectivity index (χ0n) is 16.1. The molecule has 0 unspecified atom stereocenters. The molecule has 2 aromatic rings. The molecule has 0 amide bonds. The summed E-state index contributed by atoms with van der Waals surface area (Å²) in [5.41, 5.74) is -2.99. The maximum atomic E-state index is 12.7. The van der Waals surface area contributed by atoms with Gasteiger partial charge in [-0.15, -0.1) is 0 Å². The molecule has 3 rings (SSSR count). The van der Waals surface area contributed by atoms with E-state index >= 15 is 0 Å². The third-order valence-electron chi connectivity index (χ3n) is 3.86. The fourth-order valence-electron chi connectivity index (χ4n) is 2.84. The Labute approximate surface area is 243 Å². The van der Waals surface area contributed by atoms with Crippen molar-refractivity contribution < 1.29 is 137 Å². The Morgan fingerprint density at radius 2 is 1.00 bits per heavy atom. The van der Waals surface area contributed by atoms with Crippen molar-refractivity contribution >= 4 is 41.9 Å². The van der Waals surface area contributed by atoms with Crippen LogP contribution in [0.1, 0.15) is 31.8 Å². The van der Waals surface area contributed by atoms with E-state index in [1.165, 1.54) is 12.1 Å². The summed E-state index contributed by atoms with van der Waals surface area (Å²) in [6.07, 6.45) is 0. The monoisotopic (exact) mass is 514 g/mol. The van der Waals surface area contributed by atoms with Crippen LogP contribution in [0.3, 0.4) is 0 Å². The van der Waals surface area contributed by atoms with Crippen LogP contribution < -0.4 is 88.7 Å². The molecule has 0 fully saturated rings. The maximum absolute atomic E-state index is 12.7. The Morgan fingerprint density at radius 1 is 0.581 bits per heavy atom. The van der Waals surface area contributed by atoms with Crippen LogP contribution >= 0.6 is 0 Å². The summed E-state index contributed by atoms with van der Waals surface area (Å²) in [5, 5.41) is 0. The number of fused-ring (bicyclic) bond motifs is 2. The van der Waals surface area contributed by atoms with Gasteiger partial charge >= 0.3 is 88.7 Å². The van der Waals surface area contributed by atoms with Gasteiger partial charge in [-0.1, -0.05) is 24.3 Å². The first kappa shape index (κ1) is 31.5. The van der Waals surface area contributed by atoms with Crippen LogP contribution in [0.2, 0.25) is 0 Å². The molecule has 0 bridgehead atoms. The molecule has 0 spiro atoms. The molecule has 2 aromatic carbocycles. The minimum absolute atomic E-state index is 0. The standard InChI is InChI=1S/C14H8O11S3.3Na/c15-11-6-3-1-2-4-7(6)12(16)10-8(11)5-9(26(17,18)19)13(27(20,21)22)14(10)28(23,24)25;;;/h1-5H,(H,17,18,19)(H,20,21,22)(H,23,24,25);;;/q;3*+1/p-3. The summed E-state index contributed by atoms with van der Waals surface area (Å²) < 4.78 is 104. The molecule has 0 N–H and O–H groups in total. The summed E-state index contributed by atoms with van der Waals surface area (Å²) in [6, 6.07) is 4.92. The van der Waals surface area contributed by atoms with Crippen molar-refractivity contribution in [3.8, 4) is 0 Å². The third-order valence-corrected chi connectivity index (χ3v) is 6.81. The van der Waals surface area contributed by atoms with Crippen molar-refractivity contribution in [2.45, 2.75) is 14.7 Å². The minimum atomic E-state index is -6.05. The van der Waals surface area contributed by atoms with E-state index in [1.54, 1.807) is 0 Å². The van der Waals surface area contributed by atoms with Crippen molar-refractivity contribution in [2.75, 3.05) is 0 Å². The molecule has 0 atom stereocenters. The first-order chi connectivity index (χ1) is 12.7. The van der Waals surface area contributed by atoms with E-state index in [0.717, 1.165) is 12.1 Å². The van der Waals surface area contributed by atoms with Gasteiger partial charge in [-0.25, -0.2) is 25.3 Å². The van der Waals surface area contributed by atoms with Gasteiger partial charge in [-0.3, -0.25) is 9.59 Å². The normalized spacial score (nSPS) is 13.1. The summed E-state index contributed by atoms with van der Waals surface area (Å²) in [4.78, 5) is 19.2. The number of benzene rings is 2. The topological polar surface area (TPSA) is 206 Å². The van der Waals surface area contributed by atoms with Crippen molar-refractivity contribution in [2.24, 2.45) is 0 Å². The van der Waals surface area contributed by atoms with Crippen LogP contribution in [0, 0.1) is 0 Å². The smallest absolute Gasteiger partial charge is 0.744 e. The van der Waals surface area contributed by atoms with Crippen LogP contribution in [-0.4, -0.2) is 50.5 Å². The maximum Gasteiger partial charge on any atom is 1.00 e. The van der Waals surface area contributed by atoms with Gasteiger partial charge in [0.2, 0.25) is 0 Å². The Bertz CT molecular complexity index is 1410. The SMILES string of the molecule is O=C1c2ccccc2C(=O)c2c1cc(S(=O)(=O)[O-])c(S(=O)(=O)[O-])c2S(=O)(=O)[O-].[Na+].[Na+].[Na+]. The Morgan fingerprint density at radius 3 is 1.39 bits per heavy atom. The van der Waals surface area contributed by atoms with Gasteiger partial charge in [0.15, 0.2) is 11.6 Å². The molecular formula is C14H5Na3O11S3. The predicted molar refractivity (Wildman–Crippen MR) is 83.6 cm³/mol. The van der Waals surface area contributed by atoms with Crippen LogP contribution in [-0.2, 0) is 30.4 Å². The molecule has 31 heavy (non-hydrogen) atoms. The molecule has 0 saturated carbocycles. The average Bonchev–Trinajstić information content (AvgIpc) is 2.55. The van der Waals surface area contributed by atoms with Crippen LogP contribution in [0.25, 0.3) is 0 Å². The quantitative estimate of drug-likeness (QED) is 0.237. The number of hydrogen-bond acceptors (Lipinski definition) is 11. The Kier molecular flexibility index (Phi) is 10.6. The Hall–Kier alpha value is 0.510. The minimum Gasteiger partial charge on any atom is -0.744 e. The molecule has 1 aliphatic carbocycles. The van der Waals surface area contributed by atoms with Gasteiger partial charge in [0.25, 0.3) is 0 Å². The van der Waals surface area contributed by atoms with E-state index in [4.69, 9.17) is 0 Å². The molecule has 1 aliphatic rings. The second kappa shape index (κ2) is 10.4. The van der Waals surface area contributed by atoms with Gasteiger partial charge < -0.3 is 13.7 Å². The van der Waals surface area contributed by atoms with Crippen LogP contribution in [0.5, 0.6) is 0 Å². The first-order valence-electron chi connectivity index (χ1n) is 6.93. The van der Waals surface area contributed by atoms with E-state index in [1.807, 2.05) is 0 Å². The van der Waals surface area contributed by atoms with E-state index < -0.39 is 73.3 Å². The molecule has 0 heterocycles. The van der Waals surface area contributed by atoms with Gasteiger partial charge in [0.05, 0.1) is 20.2 Å². The van der Waals surface area contributed by atoms with Crippen LogP contribution in [0.4, 0.5) is 0 Å². The van der Waals surface area contributed by atoms with Gasteiger partial charge in [0.1, 0.15) is 30.4 Å². The third kappa shape index (κ3) is 5.78. The van der Waals surface area contributed by atoms with Crippen molar-refractivity contribution in [1.82, 2.24) is 0 Å². The molecule has 148 valence electrons. The number of ketones is 2. The summed E-state index contributed by atoms with van der Waals surface area (Å²) in [7, 11) is -17.9. The van der Waals surface area contributed by atoms with Gasteiger partial charge in [0, 0.05) is 16.7 Å². The number of rotatable bonds is 3. The van der Waals surface area contributed by atoms with Gasteiger partial charge in [-0.05, 0) is 6.07 Å². The predicted octanol–water partition coefficient (Wildman–Crippen LogP) is -9.81. The number of hydrogen-bond donors (Lipinski definition) is 0. The molecule has 17 heteroatoms. The second-order valence-corrected chi connectivity index (χ2v) is 9.50. The summed E-state index contributed by atoms with van der Waals surface area (Å²) in [6.45, 7) is 0. The molecule has 0 saturated heterocycles. The van der Waals surface area contributed by atoms with Gasteiger partial charge in [-0.2, -0.15) is 0 Å². The van der Waals surface area contributed by atoms with E-state index in [0.29, 0.717) is 0 Å². The zero-order valence-corrected chi connectivity index (χ0v) is 24.6. The molecule has 0 aromatic heterocycles. The largest absolute Gasteiger partial charge is 1.00 e. The molecular weight excluding hydrogens is 509 g/mol. The number of carbonyl (C=O) groups excluding carboxylic acids is 2. The zero-order chi connectivity index (χ0) is 21.2. The molecule has 0 aliphatic heterocycles. The average molecular weight is 514 g/mol. The van der Waals surface area contributed by atoms with Crippen molar-refractivity contribution in [3.63, 3.8) is 0 Å². The van der Waals surface area contributed by atoms with E-state index in [-0.39, 0.29) is 100 Å². The summed E-state index contributed by atoms with van der Waals surface area (Å²) in [5.74, 6) is -2.45.